The molecule has 1 unspecified atom stereocenters. The van der Waals surface area contributed by atoms with Gasteiger partial charge < -0.3 is 9.88 Å². The SMILES string of the molecule is CC(C(=O)Nc1ncc(Cc2ccc(F)c(F)c2F)s1)n1ccnc1. The molecule has 2 aromatic heterocycles. The number of rotatable bonds is 5. The molecule has 9 heteroatoms. The third kappa shape index (κ3) is 3.71. The number of anilines is 1. The number of imidazole rings is 1. The van der Waals surface area contributed by atoms with Gasteiger partial charge >= 0.3 is 0 Å². The molecule has 1 atom stereocenters. The zero-order chi connectivity index (χ0) is 18.0. The number of hydrogen-bond donors (Lipinski definition) is 1. The first-order valence-electron chi connectivity index (χ1n) is 7.31. The number of nitrogens with one attached hydrogen (secondary N) is 1. The number of nitrogens with zero attached hydrogens (tertiary/aromatic N) is 3. The fourth-order valence-corrected chi connectivity index (χ4v) is 3.02. The molecule has 3 aromatic rings. The van der Waals surface area contributed by atoms with Gasteiger partial charge in [0.05, 0.1) is 6.33 Å². The average Bonchev–Trinajstić information content (AvgIpc) is 3.27. The minimum absolute atomic E-state index is 0.0206. The molecule has 0 saturated heterocycles. The van der Waals surface area contributed by atoms with Gasteiger partial charge in [0, 0.05) is 29.9 Å². The van der Waals surface area contributed by atoms with Gasteiger partial charge in [-0.3, -0.25) is 4.79 Å². The molecule has 130 valence electrons. The van der Waals surface area contributed by atoms with Crippen molar-refractivity contribution >= 4 is 22.4 Å². The maximum Gasteiger partial charge on any atom is 0.248 e. The molecule has 1 amide bonds. The summed E-state index contributed by atoms with van der Waals surface area (Å²) in [6, 6.07) is 1.59. The van der Waals surface area contributed by atoms with Crippen LogP contribution < -0.4 is 5.32 Å². The van der Waals surface area contributed by atoms with Crippen LogP contribution >= 0.6 is 11.3 Å². The largest absolute Gasteiger partial charge is 0.325 e. The summed E-state index contributed by atoms with van der Waals surface area (Å²) in [7, 11) is 0. The van der Waals surface area contributed by atoms with Crippen molar-refractivity contribution in [3.63, 3.8) is 0 Å². The van der Waals surface area contributed by atoms with Gasteiger partial charge in [-0.2, -0.15) is 0 Å². The van der Waals surface area contributed by atoms with E-state index in [4.69, 9.17) is 0 Å². The Balaban J connectivity index is 1.69. The highest BCUT2D eigenvalue weighted by Gasteiger charge is 2.17. The smallest absolute Gasteiger partial charge is 0.248 e. The van der Waals surface area contributed by atoms with Crippen LogP contribution in [0.2, 0.25) is 0 Å². The molecule has 5 nitrogen and oxygen atoms in total. The van der Waals surface area contributed by atoms with Gasteiger partial charge in [-0.05, 0) is 18.6 Å². The average molecular weight is 366 g/mol. The van der Waals surface area contributed by atoms with Gasteiger partial charge in [0.15, 0.2) is 22.6 Å². The molecule has 2 heterocycles. The van der Waals surface area contributed by atoms with E-state index in [1.54, 1.807) is 23.9 Å². The Morgan fingerprint density at radius 3 is 2.84 bits per heavy atom. The van der Waals surface area contributed by atoms with E-state index in [-0.39, 0.29) is 17.9 Å². The number of thiazole rings is 1. The van der Waals surface area contributed by atoms with Crippen LogP contribution in [0.4, 0.5) is 18.3 Å². The first-order valence-corrected chi connectivity index (χ1v) is 8.12. The number of amides is 1. The predicted molar refractivity (Wildman–Crippen MR) is 86.8 cm³/mol. The molecule has 1 N–H and O–H groups in total. The molecule has 3 rings (SSSR count). The number of benzene rings is 1. The van der Waals surface area contributed by atoms with Gasteiger partial charge in [-0.1, -0.05) is 6.07 Å². The van der Waals surface area contributed by atoms with E-state index in [0.717, 1.165) is 17.4 Å². The van der Waals surface area contributed by atoms with Crippen molar-refractivity contribution in [2.24, 2.45) is 0 Å². The normalized spacial score (nSPS) is 12.2. The van der Waals surface area contributed by atoms with Crippen molar-refractivity contribution in [3.05, 3.63) is 64.9 Å². The van der Waals surface area contributed by atoms with E-state index in [9.17, 15) is 18.0 Å². The first kappa shape index (κ1) is 17.2. The van der Waals surface area contributed by atoms with E-state index in [1.807, 2.05) is 0 Å². The molecule has 0 aliphatic carbocycles. The number of hydrogen-bond acceptors (Lipinski definition) is 4. The molecule has 0 bridgehead atoms. The first-order chi connectivity index (χ1) is 12.0. The molecule has 0 aliphatic heterocycles. The van der Waals surface area contributed by atoms with Crippen LogP contribution in [-0.2, 0) is 11.2 Å². The van der Waals surface area contributed by atoms with Crippen LogP contribution in [0.5, 0.6) is 0 Å². The number of carbonyl (C=O) groups excluding carboxylic acids is 1. The second-order valence-electron chi connectivity index (χ2n) is 5.32. The summed E-state index contributed by atoms with van der Waals surface area (Å²) >= 11 is 1.14. The molecule has 0 saturated carbocycles. The summed E-state index contributed by atoms with van der Waals surface area (Å²) in [6.45, 7) is 1.71. The highest BCUT2D eigenvalue weighted by atomic mass is 32.1. The van der Waals surface area contributed by atoms with Gasteiger partial charge in [-0.15, -0.1) is 11.3 Å². The van der Waals surface area contributed by atoms with E-state index in [2.05, 4.69) is 15.3 Å². The fraction of sp³-hybridized carbons (Fsp3) is 0.188. The molecule has 25 heavy (non-hydrogen) atoms. The Morgan fingerprint density at radius 2 is 2.12 bits per heavy atom. The fourth-order valence-electron chi connectivity index (χ4n) is 2.18. The minimum Gasteiger partial charge on any atom is -0.325 e. The van der Waals surface area contributed by atoms with Crippen LogP contribution in [0.25, 0.3) is 0 Å². The van der Waals surface area contributed by atoms with E-state index < -0.39 is 23.5 Å². The van der Waals surface area contributed by atoms with Crippen molar-refractivity contribution in [2.75, 3.05) is 5.32 Å². The Kier molecular flexibility index (Phi) is 4.84. The van der Waals surface area contributed by atoms with Crippen LogP contribution in [-0.4, -0.2) is 20.4 Å². The van der Waals surface area contributed by atoms with Crippen molar-refractivity contribution < 1.29 is 18.0 Å². The molecule has 0 aliphatic rings. The Morgan fingerprint density at radius 1 is 1.32 bits per heavy atom. The standard InChI is InChI=1S/C16H13F3N4OS/c1-9(23-5-4-20-8-23)15(24)22-16-21-7-11(25-16)6-10-2-3-12(17)14(19)13(10)18/h2-5,7-9H,6H2,1H3,(H,21,22,24). The molecular formula is C16H13F3N4OS. The summed E-state index contributed by atoms with van der Waals surface area (Å²) in [4.78, 5) is 20.7. The van der Waals surface area contributed by atoms with Crippen molar-refractivity contribution in [2.45, 2.75) is 19.4 Å². The van der Waals surface area contributed by atoms with Gasteiger partial charge in [-0.25, -0.2) is 23.1 Å². The van der Waals surface area contributed by atoms with E-state index in [1.165, 1.54) is 18.6 Å². The highest BCUT2D eigenvalue weighted by Crippen LogP contribution is 2.24. The highest BCUT2D eigenvalue weighted by molar-refractivity contribution is 7.15. The third-order valence-electron chi connectivity index (χ3n) is 3.62. The second kappa shape index (κ2) is 7.06. The lowest BCUT2D eigenvalue weighted by molar-refractivity contribution is -0.118. The lowest BCUT2D eigenvalue weighted by Gasteiger charge is -2.11. The molecule has 0 spiro atoms. The minimum atomic E-state index is -1.50. The lowest BCUT2D eigenvalue weighted by atomic mass is 10.1. The second-order valence-corrected chi connectivity index (χ2v) is 6.43. The summed E-state index contributed by atoms with van der Waals surface area (Å²) < 4.78 is 41.6. The molecule has 0 fully saturated rings. The maximum absolute atomic E-state index is 13.7. The number of carbonyl (C=O) groups is 1. The quantitative estimate of drug-likeness (QED) is 0.703. The van der Waals surface area contributed by atoms with Gasteiger partial charge in [0.25, 0.3) is 0 Å². The maximum atomic E-state index is 13.7. The van der Waals surface area contributed by atoms with Gasteiger partial charge in [0.1, 0.15) is 6.04 Å². The monoisotopic (exact) mass is 366 g/mol. The predicted octanol–water partition coefficient (Wildman–Crippen LogP) is 3.55. The zero-order valence-electron chi connectivity index (χ0n) is 13.0. The zero-order valence-corrected chi connectivity index (χ0v) is 13.9. The molecular weight excluding hydrogens is 353 g/mol. The van der Waals surface area contributed by atoms with Crippen LogP contribution in [0.1, 0.15) is 23.4 Å². The van der Waals surface area contributed by atoms with Gasteiger partial charge in [0.2, 0.25) is 5.91 Å². The van der Waals surface area contributed by atoms with Crippen LogP contribution in [0, 0.1) is 17.5 Å². The Bertz CT molecular complexity index is 895. The van der Waals surface area contributed by atoms with Crippen molar-refractivity contribution in [3.8, 4) is 0 Å². The van der Waals surface area contributed by atoms with E-state index >= 15 is 0 Å². The number of halogens is 3. The van der Waals surface area contributed by atoms with Crippen LogP contribution in [0.3, 0.4) is 0 Å². The summed E-state index contributed by atoms with van der Waals surface area (Å²) in [6.07, 6.45) is 6.28. The van der Waals surface area contributed by atoms with Crippen molar-refractivity contribution in [1.29, 1.82) is 0 Å². The topological polar surface area (TPSA) is 59.8 Å². The summed E-state index contributed by atoms with van der Waals surface area (Å²) in [5, 5.41) is 3.01. The summed E-state index contributed by atoms with van der Waals surface area (Å²) in [5.74, 6) is -4.22. The van der Waals surface area contributed by atoms with E-state index in [0.29, 0.717) is 10.0 Å². The Hall–Kier alpha value is -2.68. The Labute approximate surface area is 145 Å². The third-order valence-corrected chi connectivity index (χ3v) is 4.53. The molecule has 1 aromatic carbocycles. The number of aromatic nitrogens is 3. The lowest BCUT2D eigenvalue weighted by Crippen LogP contribution is -2.22. The van der Waals surface area contributed by atoms with Crippen LogP contribution in [0.15, 0.2) is 37.1 Å². The molecule has 0 radical (unpaired) electrons. The summed E-state index contributed by atoms with van der Waals surface area (Å²) in [5.41, 5.74) is 0.0206. The van der Waals surface area contributed by atoms with Crippen molar-refractivity contribution in [1.82, 2.24) is 14.5 Å².